The molecule has 2 aromatic rings. The molecule has 0 spiro atoms. The number of benzene rings is 2. The van der Waals surface area contributed by atoms with E-state index < -0.39 is 0 Å². The number of hydrogen-bond acceptors (Lipinski definition) is 5. The van der Waals surface area contributed by atoms with Crippen molar-refractivity contribution in [3.8, 4) is 11.5 Å². The van der Waals surface area contributed by atoms with Crippen LogP contribution in [0.5, 0.6) is 11.5 Å². The molecule has 0 aromatic heterocycles. The molecular formula is C25H30N2O4. The molecule has 0 saturated carbocycles. The summed E-state index contributed by atoms with van der Waals surface area (Å²) in [6.07, 6.45) is 6.87. The van der Waals surface area contributed by atoms with Crippen molar-refractivity contribution < 1.29 is 19.1 Å². The Morgan fingerprint density at radius 2 is 1.90 bits per heavy atom. The van der Waals surface area contributed by atoms with E-state index in [0.29, 0.717) is 36.8 Å². The topological polar surface area (TPSA) is 69.2 Å². The normalized spacial score (nSPS) is 13.2. The predicted octanol–water partition coefficient (Wildman–Crippen LogP) is 3.85. The lowest BCUT2D eigenvalue weighted by Gasteiger charge is -2.17. The van der Waals surface area contributed by atoms with E-state index in [1.807, 2.05) is 24.3 Å². The molecule has 0 fully saturated rings. The van der Waals surface area contributed by atoms with E-state index in [1.165, 1.54) is 31.1 Å². The number of ether oxygens (including phenoxy) is 2. The van der Waals surface area contributed by atoms with Gasteiger partial charge in [-0.1, -0.05) is 36.0 Å². The summed E-state index contributed by atoms with van der Waals surface area (Å²) in [5, 5.41) is 6.94. The first-order chi connectivity index (χ1) is 15.2. The second kappa shape index (κ2) is 11.2. The van der Waals surface area contributed by atoms with Gasteiger partial charge in [0.25, 0.3) is 5.91 Å². The molecule has 0 radical (unpaired) electrons. The van der Waals surface area contributed by atoms with E-state index in [4.69, 9.17) is 14.3 Å². The van der Waals surface area contributed by atoms with Crippen molar-refractivity contribution in [1.29, 1.82) is 0 Å². The zero-order chi connectivity index (χ0) is 22.1. The number of hydrogen-bond donors (Lipinski definition) is 1. The van der Waals surface area contributed by atoms with Crippen molar-refractivity contribution in [3.05, 3.63) is 71.3 Å². The molecule has 6 nitrogen and oxygen atoms in total. The molecule has 2 aromatic carbocycles. The molecule has 31 heavy (non-hydrogen) atoms. The number of fused-ring (bicyclic) bond motifs is 1. The Morgan fingerprint density at radius 1 is 1.10 bits per heavy atom. The van der Waals surface area contributed by atoms with Crippen LogP contribution >= 0.6 is 0 Å². The number of amides is 1. The first kappa shape index (κ1) is 22.4. The second-order valence-corrected chi connectivity index (χ2v) is 7.40. The zero-order valence-corrected chi connectivity index (χ0v) is 18.3. The van der Waals surface area contributed by atoms with Gasteiger partial charge >= 0.3 is 0 Å². The van der Waals surface area contributed by atoms with Crippen LogP contribution in [0.15, 0.2) is 54.2 Å². The minimum Gasteiger partial charge on any atom is -0.493 e. The summed E-state index contributed by atoms with van der Waals surface area (Å²) in [4.78, 5) is 17.8. The molecule has 1 aliphatic carbocycles. The van der Waals surface area contributed by atoms with E-state index in [1.54, 1.807) is 13.2 Å². The van der Waals surface area contributed by atoms with E-state index in [2.05, 4.69) is 29.2 Å². The van der Waals surface area contributed by atoms with Gasteiger partial charge in [-0.25, -0.2) is 0 Å². The predicted molar refractivity (Wildman–Crippen MR) is 122 cm³/mol. The highest BCUT2D eigenvalue weighted by Gasteiger charge is 2.18. The Labute approximate surface area is 183 Å². The maximum atomic E-state index is 12.8. The molecular weight excluding hydrogens is 392 g/mol. The SMILES string of the molecule is C=CCOc1ccc(CCNC(=O)C(=NOC)c2ccc3c(c2)CCCC3)cc1OC. The molecule has 1 amide bonds. The quantitative estimate of drug-likeness (QED) is 0.359. The molecule has 0 saturated heterocycles. The molecule has 0 unspecified atom stereocenters. The number of methoxy groups -OCH3 is 1. The van der Waals surface area contributed by atoms with Gasteiger partial charge in [-0.15, -0.1) is 0 Å². The van der Waals surface area contributed by atoms with Crippen LogP contribution in [-0.2, 0) is 28.9 Å². The Hall–Kier alpha value is -3.28. The standard InChI is InChI=1S/C25H30N2O4/c1-4-15-31-22-12-9-18(16-23(22)29-2)13-14-26-25(28)24(27-30-3)21-11-10-19-7-5-6-8-20(19)17-21/h4,9-12,16-17H,1,5-8,13-15H2,2-3H3,(H,26,28). The largest absolute Gasteiger partial charge is 0.493 e. The Morgan fingerprint density at radius 3 is 2.65 bits per heavy atom. The smallest absolute Gasteiger partial charge is 0.273 e. The molecule has 0 aliphatic heterocycles. The van der Waals surface area contributed by atoms with Gasteiger partial charge in [-0.05, 0) is 67.0 Å². The third kappa shape index (κ3) is 5.87. The Bertz CT molecular complexity index is 953. The summed E-state index contributed by atoms with van der Waals surface area (Å²) in [7, 11) is 3.06. The molecule has 164 valence electrons. The first-order valence-electron chi connectivity index (χ1n) is 10.6. The highest BCUT2D eigenvalue weighted by Crippen LogP contribution is 2.28. The van der Waals surface area contributed by atoms with Crippen LogP contribution in [0.1, 0.15) is 35.1 Å². The summed E-state index contributed by atoms with van der Waals surface area (Å²) >= 11 is 0. The monoisotopic (exact) mass is 422 g/mol. The number of carbonyl (C=O) groups is 1. The van der Waals surface area contributed by atoms with Crippen molar-refractivity contribution in [2.45, 2.75) is 32.1 Å². The van der Waals surface area contributed by atoms with Crippen LogP contribution in [0, 0.1) is 0 Å². The average molecular weight is 423 g/mol. The number of nitrogens with one attached hydrogen (secondary N) is 1. The van der Waals surface area contributed by atoms with Crippen LogP contribution in [0.2, 0.25) is 0 Å². The van der Waals surface area contributed by atoms with E-state index in [-0.39, 0.29) is 5.91 Å². The second-order valence-electron chi connectivity index (χ2n) is 7.40. The maximum Gasteiger partial charge on any atom is 0.273 e. The molecule has 0 bridgehead atoms. The van der Waals surface area contributed by atoms with Crippen LogP contribution in [0.3, 0.4) is 0 Å². The fourth-order valence-electron chi connectivity index (χ4n) is 3.74. The summed E-state index contributed by atoms with van der Waals surface area (Å²) < 4.78 is 11.0. The van der Waals surface area contributed by atoms with Crippen molar-refractivity contribution >= 4 is 11.6 Å². The van der Waals surface area contributed by atoms with Crippen LogP contribution in [-0.4, -0.2) is 39.0 Å². The van der Waals surface area contributed by atoms with Crippen LogP contribution in [0.4, 0.5) is 0 Å². The average Bonchev–Trinajstić information content (AvgIpc) is 2.81. The number of aryl methyl sites for hydroxylation is 2. The number of oxime groups is 1. The lowest BCUT2D eigenvalue weighted by Crippen LogP contribution is -2.33. The minimum atomic E-state index is -0.254. The van der Waals surface area contributed by atoms with Crippen molar-refractivity contribution in [3.63, 3.8) is 0 Å². The molecule has 0 heterocycles. The van der Waals surface area contributed by atoms with Crippen LogP contribution in [0.25, 0.3) is 0 Å². The Kier molecular flexibility index (Phi) is 8.10. The van der Waals surface area contributed by atoms with E-state index in [9.17, 15) is 4.79 Å². The third-order valence-electron chi connectivity index (χ3n) is 5.30. The molecule has 0 atom stereocenters. The lowest BCUT2D eigenvalue weighted by molar-refractivity contribution is -0.114. The van der Waals surface area contributed by atoms with Crippen molar-refractivity contribution in [2.24, 2.45) is 5.16 Å². The molecule has 3 rings (SSSR count). The molecule has 1 N–H and O–H groups in total. The van der Waals surface area contributed by atoms with Gasteiger partial charge in [-0.3, -0.25) is 4.79 Å². The lowest BCUT2D eigenvalue weighted by atomic mass is 9.89. The van der Waals surface area contributed by atoms with E-state index in [0.717, 1.165) is 24.0 Å². The summed E-state index contributed by atoms with van der Waals surface area (Å²) in [5.74, 6) is 1.06. The van der Waals surface area contributed by atoms with Gasteiger partial charge in [0.1, 0.15) is 13.7 Å². The Balaban J connectivity index is 1.63. The first-order valence-corrected chi connectivity index (χ1v) is 10.6. The summed E-state index contributed by atoms with van der Waals surface area (Å²) in [6, 6.07) is 11.9. The zero-order valence-electron chi connectivity index (χ0n) is 18.3. The summed E-state index contributed by atoms with van der Waals surface area (Å²) in [5.41, 5.74) is 4.77. The molecule has 6 heteroatoms. The minimum absolute atomic E-state index is 0.254. The van der Waals surface area contributed by atoms with Gasteiger partial charge < -0.3 is 19.6 Å². The van der Waals surface area contributed by atoms with Crippen molar-refractivity contribution in [2.75, 3.05) is 27.4 Å². The van der Waals surface area contributed by atoms with Gasteiger partial charge in [0.15, 0.2) is 17.2 Å². The van der Waals surface area contributed by atoms with Gasteiger partial charge in [0.2, 0.25) is 0 Å². The van der Waals surface area contributed by atoms with Crippen LogP contribution < -0.4 is 14.8 Å². The number of carbonyl (C=O) groups excluding carboxylic acids is 1. The van der Waals surface area contributed by atoms with Gasteiger partial charge in [0.05, 0.1) is 7.11 Å². The van der Waals surface area contributed by atoms with Gasteiger partial charge in [0, 0.05) is 12.1 Å². The van der Waals surface area contributed by atoms with Crippen molar-refractivity contribution in [1.82, 2.24) is 5.32 Å². The third-order valence-corrected chi connectivity index (χ3v) is 5.30. The summed E-state index contributed by atoms with van der Waals surface area (Å²) in [6.45, 7) is 4.53. The molecule has 1 aliphatic rings. The fraction of sp³-hybridized carbons (Fsp3) is 0.360. The van der Waals surface area contributed by atoms with Gasteiger partial charge in [-0.2, -0.15) is 0 Å². The number of rotatable bonds is 10. The highest BCUT2D eigenvalue weighted by molar-refractivity contribution is 6.45. The van der Waals surface area contributed by atoms with E-state index >= 15 is 0 Å². The number of nitrogens with zero attached hydrogens (tertiary/aromatic N) is 1. The fourth-order valence-corrected chi connectivity index (χ4v) is 3.74. The maximum absolute atomic E-state index is 12.8. The highest BCUT2D eigenvalue weighted by atomic mass is 16.6.